The van der Waals surface area contributed by atoms with Crippen LogP contribution < -0.4 is 20.0 Å². The molecule has 2 rings (SSSR count). The highest BCUT2D eigenvalue weighted by atomic mass is 16.3. The Bertz CT molecular complexity index is 687. The molecule has 154 valence electrons. The van der Waals surface area contributed by atoms with Gasteiger partial charge in [-0.3, -0.25) is 19.7 Å². The molecule has 0 spiro atoms. The molecule has 1 aromatic rings. The van der Waals surface area contributed by atoms with E-state index in [-0.39, 0.29) is 6.10 Å². The van der Waals surface area contributed by atoms with Gasteiger partial charge in [0, 0.05) is 32.9 Å². The number of piperidine rings is 1. The van der Waals surface area contributed by atoms with Crippen LogP contribution in [0.2, 0.25) is 0 Å². The van der Waals surface area contributed by atoms with Crippen LogP contribution in [0.5, 0.6) is 0 Å². The first-order chi connectivity index (χ1) is 13.4. The molecule has 1 atom stereocenters. The van der Waals surface area contributed by atoms with Crippen molar-refractivity contribution in [3.8, 4) is 0 Å². The van der Waals surface area contributed by atoms with Crippen LogP contribution in [0, 0.1) is 0 Å². The van der Waals surface area contributed by atoms with Crippen LogP contribution >= 0.6 is 0 Å². The van der Waals surface area contributed by atoms with E-state index in [4.69, 9.17) is 0 Å². The van der Waals surface area contributed by atoms with E-state index in [1.54, 1.807) is 0 Å². The summed E-state index contributed by atoms with van der Waals surface area (Å²) in [6.07, 6.45) is 3.32. The second-order valence-corrected chi connectivity index (χ2v) is 7.23. The van der Waals surface area contributed by atoms with E-state index in [9.17, 15) is 19.5 Å². The summed E-state index contributed by atoms with van der Waals surface area (Å²) in [6, 6.07) is 4.99. The van der Waals surface area contributed by atoms with Crippen LogP contribution in [0.4, 0.5) is 17.1 Å². The predicted molar refractivity (Wildman–Crippen MR) is 110 cm³/mol. The molecule has 3 amide bonds. The van der Waals surface area contributed by atoms with Crippen molar-refractivity contribution in [3.63, 3.8) is 0 Å². The molecule has 8 nitrogen and oxygen atoms in total. The van der Waals surface area contributed by atoms with Gasteiger partial charge in [0.15, 0.2) is 0 Å². The first kappa shape index (κ1) is 21.7. The fourth-order valence-corrected chi connectivity index (χ4v) is 3.53. The van der Waals surface area contributed by atoms with Crippen molar-refractivity contribution < 1.29 is 19.5 Å². The Morgan fingerprint density at radius 3 is 2.50 bits per heavy atom. The largest absolute Gasteiger partial charge is 0.393 e. The van der Waals surface area contributed by atoms with Gasteiger partial charge in [0.2, 0.25) is 18.7 Å². The number of carbonyl (C=O) groups excluding carboxylic acids is 3. The number of hydrogen-bond acceptors (Lipinski definition) is 6. The molecule has 1 heterocycles. The van der Waals surface area contributed by atoms with Crippen molar-refractivity contribution in [2.24, 2.45) is 0 Å². The number of aliphatic hydroxyl groups excluding tert-OH is 1. The van der Waals surface area contributed by atoms with Gasteiger partial charge in [0.25, 0.3) is 0 Å². The Morgan fingerprint density at radius 1 is 1.29 bits per heavy atom. The minimum absolute atomic E-state index is 0.250. The van der Waals surface area contributed by atoms with Crippen molar-refractivity contribution in [3.05, 3.63) is 18.2 Å². The van der Waals surface area contributed by atoms with Crippen LogP contribution in [0.15, 0.2) is 18.2 Å². The van der Waals surface area contributed by atoms with Crippen LogP contribution in [0.3, 0.4) is 0 Å². The molecule has 1 aliphatic rings. The molecule has 0 saturated carbocycles. The Kier molecular flexibility index (Phi) is 7.80. The molecule has 0 aliphatic carbocycles. The van der Waals surface area contributed by atoms with Crippen LogP contribution in [0.25, 0.3) is 0 Å². The van der Waals surface area contributed by atoms with Crippen LogP contribution in [-0.2, 0) is 14.4 Å². The average molecular weight is 390 g/mol. The highest BCUT2D eigenvalue weighted by molar-refractivity contribution is 5.98. The number of anilines is 3. The third kappa shape index (κ3) is 5.01. The summed E-state index contributed by atoms with van der Waals surface area (Å²) in [5.41, 5.74) is 2.42. The number of aliphatic hydroxyl groups is 1. The van der Waals surface area contributed by atoms with Gasteiger partial charge in [-0.2, -0.15) is 0 Å². The van der Waals surface area contributed by atoms with E-state index in [0.29, 0.717) is 31.3 Å². The Hall–Kier alpha value is -2.61. The van der Waals surface area contributed by atoms with E-state index in [1.807, 2.05) is 44.1 Å². The van der Waals surface area contributed by atoms with Crippen molar-refractivity contribution in [2.75, 3.05) is 41.9 Å². The van der Waals surface area contributed by atoms with Crippen LogP contribution in [-0.4, -0.2) is 63.2 Å². The first-order valence-corrected chi connectivity index (χ1v) is 9.65. The number of imide groups is 1. The molecule has 1 aromatic carbocycles. The SMILES string of the molecule is CCCC(C(=O)NC=O)N(C=O)c1ccc(N2CCC(O)CC2)cc1N(C)C. The number of amides is 3. The zero-order chi connectivity index (χ0) is 20.7. The van der Waals surface area contributed by atoms with Gasteiger partial charge in [-0.25, -0.2) is 0 Å². The summed E-state index contributed by atoms with van der Waals surface area (Å²) in [5, 5.41) is 11.9. The fraction of sp³-hybridized carbons (Fsp3) is 0.550. The summed E-state index contributed by atoms with van der Waals surface area (Å²) in [4.78, 5) is 40.5. The summed E-state index contributed by atoms with van der Waals surface area (Å²) >= 11 is 0. The lowest BCUT2D eigenvalue weighted by Crippen LogP contribution is -2.46. The molecule has 0 bridgehead atoms. The molecule has 0 aromatic heterocycles. The Morgan fingerprint density at radius 2 is 1.96 bits per heavy atom. The minimum Gasteiger partial charge on any atom is -0.393 e. The minimum atomic E-state index is -0.762. The maximum absolute atomic E-state index is 12.3. The van der Waals surface area contributed by atoms with Crippen molar-refractivity contribution in [2.45, 2.75) is 44.8 Å². The summed E-state index contributed by atoms with van der Waals surface area (Å²) in [7, 11) is 3.76. The van der Waals surface area contributed by atoms with Crippen molar-refractivity contribution >= 4 is 35.8 Å². The number of nitrogens with one attached hydrogen (secondary N) is 1. The molecule has 1 fully saturated rings. The summed E-state index contributed by atoms with van der Waals surface area (Å²) in [6.45, 7) is 3.46. The van der Waals surface area contributed by atoms with E-state index in [1.165, 1.54) is 4.90 Å². The lowest BCUT2D eigenvalue weighted by atomic mass is 10.1. The smallest absolute Gasteiger partial charge is 0.249 e. The summed E-state index contributed by atoms with van der Waals surface area (Å²) < 4.78 is 0. The maximum Gasteiger partial charge on any atom is 0.249 e. The molecule has 0 radical (unpaired) electrons. The van der Waals surface area contributed by atoms with Gasteiger partial charge >= 0.3 is 0 Å². The Labute approximate surface area is 166 Å². The number of hydrogen-bond donors (Lipinski definition) is 2. The van der Waals surface area contributed by atoms with Crippen molar-refractivity contribution in [1.29, 1.82) is 0 Å². The standard InChI is InChI=1S/C20H30N4O4/c1-4-5-18(20(28)21-13-25)24(14-26)17-7-6-15(12-19(17)22(2)3)23-10-8-16(27)9-11-23/h6-7,12-14,16,18,27H,4-5,8-11H2,1-3H3,(H,21,25,28). The summed E-state index contributed by atoms with van der Waals surface area (Å²) in [5.74, 6) is -0.497. The third-order valence-electron chi connectivity index (χ3n) is 5.06. The normalized spacial score (nSPS) is 15.6. The molecule has 2 N–H and O–H groups in total. The predicted octanol–water partition coefficient (Wildman–Crippen LogP) is 1.12. The Balaban J connectivity index is 2.39. The van der Waals surface area contributed by atoms with Crippen LogP contribution in [0.1, 0.15) is 32.6 Å². The molecular formula is C20H30N4O4. The highest BCUT2D eigenvalue weighted by Crippen LogP contribution is 2.34. The average Bonchev–Trinajstić information content (AvgIpc) is 2.68. The van der Waals surface area contributed by atoms with Gasteiger partial charge in [-0.15, -0.1) is 0 Å². The molecule has 1 unspecified atom stereocenters. The third-order valence-corrected chi connectivity index (χ3v) is 5.06. The number of benzene rings is 1. The molecular weight excluding hydrogens is 360 g/mol. The second-order valence-electron chi connectivity index (χ2n) is 7.23. The van der Waals surface area contributed by atoms with E-state index in [0.717, 1.165) is 37.3 Å². The van der Waals surface area contributed by atoms with Gasteiger partial charge < -0.3 is 19.8 Å². The van der Waals surface area contributed by atoms with Gasteiger partial charge in [0.1, 0.15) is 6.04 Å². The number of carbonyl (C=O) groups is 3. The number of nitrogens with zero attached hydrogens (tertiary/aromatic N) is 3. The fourth-order valence-electron chi connectivity index (χ4n) is 3.53. The first-order valence-electron chi connectivity index (χ1n) is 9.65. The van der Waals surface area contributed by atoms with Gasteiger partial charge in [-0.1, -0.05) is 13.3 Å². The van der Waals surface area contributed by atoms with Crippen molar-refractivity contribution in [1.82, 2.24) is 5.32 Å². The van der Waals surface area contributed by atoms with E-state index < -0.39 is 11.9 Å². The van der Waals surface area contributed by atoms with Gasteiger partial charge in [0.05, 0.1) is 17.5 Å². The van der Waals surface area contributed by atoms with E-state index >= 15 is 0 Å². The lowest BCUT2D eigenvalue weighted by molar-refractivity contribution is -0.127. The molecule has 8 heteroatoms. The van der Waals surface area contributed by atoms with Gasteiger partial charge in [-0.05, 0) is 37.5 Å². The molecule has 28 heavy (non-hydrogen) atoms. The maximum atomic E-state index is 12.3. The lowest BCUT2D eigenvalue weighted by Gasteiger charge is -2.34. The quantitative estimate of drug-likeness (QED) is 0.614. The van der Waals surface area contributed by atoms with E-state index in [2.05, 4.69) is 10.2 Å². The monoisotopic (exact) mass is 390 g/mol. The highest BCUT2D eigenvalue weighted by Gasteiger charge is 2.28. The molecule has 1 saturated heterocycles. The molecule has 1 aliphatic heterocycles. The zero-order valence-corrected chi connectivity index (χ0v) is 16.8. The second kappa shape index (κ2) is 10.1. The number of rotatable bonds is 9. The zero-order valence-electron chi connectivity index (χ0n) is 16.8. The topological polar surface area (TPSA) is 93.2 Å².